The first-order valence-electron chi connectivity index (χ1n) is 5.84. The minimum absolute atomic E-state index is 0.106. The Morgan fingerprint density at radius 1 is 1.10 bits per heavy atom. The highest BCUT2D eigenvalue weighted by Gasteiger charge is 2.10. The van der Waals surface area contributed by atoms with E-state index in [2.05, 4.69) is 0 Å². The Morgan fingerprint density at radius 2 is 1.90 bits per heavy atom. The molecule has 0 atom stereocenters. The van der Waals surface area contributed by atoms with Gasteiger partial charge in [0.15, 0.2) is 0 Å². The predicted octanol–water partition coefficient (Wildman–Crippen LogP) is 4.05. The fraction of sp³-hybridized carbons (Fsp3) is 0.0667. The minimum Gasteiger partial charge on any atom is -0.456 e. The molecule has 0 amide bonds. The molecule has 0 unspecified atom stereocenters. The number of fused-ring (bicyclic) bond motifs is 2. The number of thioether (sulfide) groups is 1. The van der Waals surface area contributed by atoms with Gasteiger partial charge in [0.2, 0.25) is 5.43 Å². The molecule has 3 nitrogen and oxygen atoms in total. The fourth-order valence-electron chi connectivity index (χ4n) is 2.08. The first-order chi connectivity index (χ1) is 9.60. The zero-order valence-corrected chi connectivity index (χ0v) is 12.0. The summed E-state index contributed by atoms with van der Waals surface area (Å²) in [7, 11) is 0. The fourth-order valence-corrected chi connectivity index (χ4v) is 2.64. The summed E-state index contributed by atoms with van der Waals surface area (Å²) in [4.78, 5) is 24.6. The van der Waals surface area contributed by atoms with E-state index in [4.69, 9.17) is 16.0 Å². The van der Waals surface area contributed by atoms with E-state index in [1.54, 1.807) is 23.9 Å². The summed E-state index contributed by atoms with van der Waals surface area (Å²) in [6, 6.07) is 10.1. The van der Waals surface area contributed by atoms with E-state index < -0.39 is 5.24 Å². The minimum atomic E-state index is -0.577. The highest BCUT2D eigenvalue weighted by molar-refractivity contribution is 7.98. The lowest BCUT2D eigenvalue weighted by Gasteiger charge is -2.03. The second-order valence-electron chi connectivity index (χ2n) is 4.28. The molecule has 3 rings (SSSR count). The van der Waals surface area contributed by atoms with E-state index in [1.807, 2.05) is 18.4 Å². The van der Waals surface area contributed by atoms with Crippen LogP contribution in [0.1, 0.15) is 10.4 Å². The maximum Gasteiger partial charge on any atom is 0.252 e. The molecule has 0 aliphatic carbocycles. The molecule has 0 bridgehead atoms. The number of rotatable bonds is 2. The summed E-state index contributed by atoms with van der Waals surface area (Å²) in [5.74, 6) is 0. The second-order valence-corrected chi connectivity index (χ2v) is 5.50. The standard InChI is InChI=1S/C15H9ClO3S/c1-20-9-3-5-12-11(7-9)14(17)10-4-2-8(15(16)18)6-13(10)19-12/h2-7H,1H3. The lowest BCUT2D eigenvalue weighted by molar-refractivity contribution is 0.108. The number of carbonyl (C=O) groups excluding carboxylic acids is 1. The van der Waals surface area contributed by atoms with E-state index in [0.717, 1.165) is 4.90 Å². The van der Waals surface area contributed by atoms with Gasteiger partial charge in [-0.1, -0.05) is 0 Å². The maximum atomic E-state index is 12.5. The van der Waals surface area contributed by atoms with Gasteiger partial charge in [-0.05, 0) is 54.3 Å². The van der Waals surface area contributed by atoms with Crippen LogP contribution in [0.2, 0.25) is 0 Å². The van der Waals surface area contributed by atoms with Crippen molar-refractivity contribution in [2.24, 2.45) is 0 Å². The average molecular weight is 305 g/mol. The third-order valence-electron chi connectivity index (χ3n) is 3.10. The molecule has 20 heavy (non-hydrogen) atoms. The van der Waals surface area contributed by atoms with Crippen LogP contribution in [0.4, 0.5) is 0 Å². The van der Waals surface area contributed by atoms with Crippen LogP contribution in [0.3, 0.4) is 0 Å². The van der Waals surface area contributed by atoms with Crippen molar-refractivity contribution in [2.45, 2.75) is 4.90 Å². The van der Waals surface area contributed by atoms with Gasteiger partial charge in [0, 0.05) is 10.5 Å². The molecule has 0 saturated heterocycles. The molecule has 5 heteroatoms. The monoisotopic (exact) mass is 304 g/mol. The van der Waals surface area contributed by atoms with Crippen molar-refractivity contribution < 1.29 is 9.21 Å². The quantitative estimate of drug-likeness (QED) is 0.407. The molecule has 0 radical (unpaired) electrons. The molecule has 0 spiro atoms. The van der Waals surface area contributed by atoms with Crippen LogP contribution in [0.15, 0.2) is 50.5 Å². The molecule has 100 valence electrons. The van der Waals surface area contributed by atoms with Crippen LogP contribution in [0, 0.1) is 0 Å². The Balaban J connectivity index is 2.40. The number of hydrogen-bond acceptors (Lipinski definition) is 4. The number of halogens is 1. The van der Waals surface area contributed by atoms with E-state index in [-0.39, 0.29) is 5.43 Å². The van der Waals surface area contributed by atoms with E-state index in [1.165, 1.54) is 12.1 Å². The largest absolute Gasteiger partial charge is 0.456 e. The summed E-state index contributed by atoms with van der Waals surface area (Å²) in [6.45, 7) is 0. The molecule has 0 aliphatic heterocycles. The third-order valence-corrected chi connectivity index (χ3v) is 4.05. The van der Waals surface area contributed by atoms with Crippen LogP contribution in [0.25, 0.3) is 21.9 Å². The smallest absolute Gasteiger partial charge is 0.252 e. The van der Waals surface area contributed by atoms with Gasteiger partial charge in [-0.25, -0.2) is 0 Å². The Morgan fingerprint density at radius 3 is 2.60 bits per heavy atom. The molecule has 1 heterocycles. The van der Waals surface area contributed by atoms with E-state index in [9.17, 15) is 9.59 Å². The Hall–Kier alpha value is -1.78. The van der Waals surface area contributed by atoms with Crippen molar-refractivity contribution in [2.75, 3.05) is 6.26 Å². The number of carbonyl (C=O) groups is 1. The molecular formula is C15H9ClO3S. The topological polar surface area (TPSA) is 47.3 Å². The molecule has 0 N–H and O–H groups in total. The van der Waals surface area contributed by atoms with Crippen LogP contribution in [-0.4, -0.2) is 11.5 Å². The van der Waals surface area contributed by atoms with Crippen LogP contribution >= 0.6 is 23.4 Å². The van der Waals surface area contributed by atoms with Gasteiger partial charge < -0.3 is 4.42 Å². The first-order valence-corrected chi connectivity index (χ1v) is 7.45. The molecular weight excluding hydrogens is 296 g/mol. The van der Waals surface area contributed by atoms with Gasteiger partial charge in [-0.3, -0.25) is 9.59 Å². The SMILES string of the molecule is CSc1ccc2oc3cc(C(=O)Cl)ccc3c(=O)c2c1. The van der Waals surface area contributed by atoms with Gasteiger partial charge >= 0.3 is 0 Å². The lowest BCUT2D eigenvalue weighted by Crippen LogP contribution is -2.03. The van der Waals surface area contributed by atoms with Crippen molar-refractivity contribution >= 4 is 50.5 Å². The summed E-state index contributed by atoms with van der Waals surface area (Å²) < 4.78 is 5.70. The van der Waals surface area contributed by atoms with Gasteiger partial charge in [-0.2, -0.15) is 0 Å². The van der Waals surface area contributed by atoms with Crippen molar-refractivity contribution in [3.63, 3.8) is 0 Å². The number of benzene rings is 2. The van der Waals surface area contributed by atoms with Crippen LogP contribution in [-0.2, 0) is 0 Å². The van der Waals surface area contributed by atoms with Gasteiger partial charge in [-0.15, -0.1) is 11.8 Å². The summed E-state index contributed by atoms with van der Waals surface area (Å²) in [5, 5.41) is 0.402. The molecule has 2 aromatic carbocycles. The Labute approximate surface area is 123 Å². The predicted molar refractivity (Wildman–Crippen MR) is 82.0 cm³/mol. The van der Waals surface area contributed by atoms with Crippen molar-refractivity contribution in [3.05, 3.63) is 52.2 Å². The van der Waals surface area contributed by atoms with Crippen LogP contribution < -0.4 is 5.43 Å². The zero-order valence-electron chi connectivity index (χ0n) is 10.5. The molecule has 0 saturated carbocycles. The van der Waals surface area contributed by atoms with Gasteiger partial charge in [0.25, 0.3) is 5.24 Å². The molecule has 3 aromatic rings. The summed E-state index contributed by atoms with van der Waals surface area (Å²) >= 11 is 7.00. The van der Waals surface area contributed by atoms with Crippen molar-refractivity contribution in [1.82, 2.24) is 0 Å². The average Bonchev–Trinajstić information content (AvgIpc) is 2.46. The maximum absolute atomic E-state index is 12.5. The Kier molecular flexibility index (Phi) is 3.28. The van der Waals surface area contributed by atoms with E-state index in [0.29, 0.717) is 27.5 Å². The van der Waals surface area contributed by atoms with Gasteiger partial charge in [0.1, 0.15) is 11.2 Å². The van der Waals surface area contributed by atoms with E-state index >= 15 is 0 Å². The van der Waals surface area contributed by atoms with Crippen LogP contribution in [0.5, 0.6) is 0 Å². The summed E-state index contributed by atoms with van der Waals surface area (Å²) in [6.07, 6.45) is 1.95. The number of hydrogen-bond donors (Lipinski definition) is 0. The zero-order chi connectivity index (χ0) is 14.3. The molecule has 1 aromatic heterocycles. The first kappa shape index (κ1) is 13.2. The summed E-state index contributed by atoms with van der Waals surface area (Å²) in [5.41, 5.74) is 1.07. The Bertz CT molecular complexity index is 899. The molecule has 0 aliphatic rings. The normalized spacial score (nSPS) is 11.1. The van der Waals surface area contributed by atoms with Crippen molar-refractivity contribution in [1.29, 1.82) is 0 Å². The second kappa shape index (κ2) is 4.96. The van der Waals surface area contributed by atoms with Gasteiger partial charge in [0.05, 0.1) is 10.8 Å². The van der Waals surface area contributed by atoms with Crippen molar-refractivity contribution in [3.8, 4) is 0 Å². The third kappa shape index (κ3) is 2.11. The highest BCUT2D eigenvalue weighted by Crippen LogP contribution is 2.24. The molecule has 0 fully saturated rings. The highest BCUT2D eigenvalue weighted by atomic mass is 35.5. The lowest BCUT2D eigenvalue weighted by atomic mass is 10.1.